The molecular weight excluding hydrogens is 252 g/mol. The van der Waals surface area contributed by atoms with E-state index in [0.29, 0.717) is 12.1 Å². The van der Waals surface area contributed by atoms with E-state index in [0.717, 1.165) is 25.5 Å². The van der Waals surface area contributed by atoms with Gasteiger partial charge in [0.05, 0.1) is 12.6 Å². The van der Waals surface area contributed by atoms with E-state index in [-0.39, 0.29) is 0 Å². The molecule has 1 N–H and O–H groups in total. The van der Waals surface area contributed by atoms with Crippen molar-refractivity contribution in [2.45, 2.75) is 64.1 Å². The third-order valence-corrected chi connectivity index (χ3v) is 4.25. The molecule has 0 spiro atoms. The van der Waals surface area contributed by atoms with E-state index >= 15 is 0 Å². The van der Waals surface area contributed by atoms with Crippen molar-refractivity contribution in [2.24, 2.45) is 0 Å². The second-order valence-electron chi connectivity index (χ2n) is 6.15. The molecule has 0 amide bonds. The SMILES string of the molecule is CCCN(Cc1nnnn1C1CC1)CC1CCCCN1. The molecule has 1 saturated heterocycles. The van der Waals surface area contributed by atoms with Crippen LogP contribution in [0.25, 0.3) is 0 Å². The molecule has 1 aromatic rings. The summed E-state index contributed by atoms with van der Waals surface area (Å²) >= 11 is 0. The molecular formula is C14H26N6. The largest absolute Gasteiger partial charge is 0.313 e. The highest BCUT2D eigenvalue weighted by Gasteiger charge is 2.28. The minimum atomic E-state index is 0.566. The summed E-state index contributed by atoms with van der Waals surface area (Å²) in [6.07, 6.45) is 7.62. The summed E-state index contributed by atoms with van der Waals surface area (Å²) in [5.74, 6) is 1.04. The lowest BCUT2D eigenvalue weighted by atomic mass is 10.0. The van der Waals surface area contributed by atoms with Crippen LogP contribution in [0.15, 0.2) is 0 Å². The normalized spacial score (nSPS) is 23.4. The van der Waals surface area contributed by atoms with Crippen LogP contribution in [0.4, 0.5) is 0 Å². The van der Waals surface area contributed by atoms with Gasteiger partial charge in [-0.2, -0.15) is 0 Å². The van der Waals surface area contributed by atoms with Crippen LogP contribution in [0.5, 0.6) is 0 Å². The van der Waals surface area contributed by atoms with E-state index < -0.39 is 0 Å². The number of nitrogens with one attached hydrogen (secondary N) is 1. The predicted octanol–water partition coefficient (Wildman–Crippen LogP) is 1.36. The Labute approximate surface area is 120 Å². The first-order chi connectivity index (χ1) is 9.86. The average molecular weight is 278 g/mol. The number of aromatic nitrogens is 4. The van der Waals surface area contributed by atoms with Crippen molar-refractivity contribution in [2.75, 3.05) is 19.6 Å². The van der Waals surface area contributed by atoms with Crippen molar-refractivity contribution in [3.8, 4) is 0 Å². The van der Waals surface area contributed by atoms with Gasteiger partial charge in [-0.25, -0.2) is 4.68 Å². The molecule has 20 heavy (non-hydrogen) atoms. The van der Waals surface area contributed by atoms with Crippen LogP contribution < -0.4 is 5.32 Å². The molecule has 2 aliphatic rings. The Morgan fingerprint density at radius 3 is 2.90 bits per heavy atom. The Hall–Kier alpha value is -1.01. The minimum absolute atomic E-state index is 0.566. The standard InChI is InChI=1S/C14H26N6/c1-2-9-19(10-12-5-3-4-8-15-12)11-14-16-17-18-20(14)13-6-7-13/h12-13,15H,2-11H2,1H3. The Morgan fingerprint density at radius 1 is 1.30 bits per heavy atom. The first-order valence-electron chi connectivity index (χ1n) is 8.09. The van der Waals surface area contributed by atoms with Crippen LogP contribution >= 0.6 is 0 Å². The number of hydrogen-bond donors (Lipinski definition) is 1. The molecule has 2 heterocycles. The first-order valence-corrected chi connectivity index (χ1v) is 8.09. The van der Waals surface area contributed by atoms with Gasteiger partial charge in [-0.3, -0.25) is 4.90 Å². The zero-order chi connectivity index (χ0) is 13.8. The van der Waals surface area contributed by atoms with E-state index in [2.05, 4.69) is 32.7 Å². The van der Waals surface area contributed by atoms with E-state index in [9.17, 15) is 0 Å². The Morgan fingerprint density at radius 2 is 2.20 bits per heavy atom. The predicted molar refractivity (Wildman–Crippen MR) is 77.3 cm³/mol. The molecule has 1 unspecified atom stereocenters. The zero-order valence-corrected chi connectivity index (χ0v) is 12.5. The quantitative estimate of drug-likeness (QED) is 0.816. The number of rotatable bonds is 7. The van der Waals surface area contributed by atoms with E-state index in [4.69, 9.17) is 0 Å². The lowest BCUT2D eigenvalue weighted by molar-refractivity contribution is 0.209. The highest BCUT2D eigenvalue weighted by Crippen LogP contribution is 2.34. The molecule has 1 aromatic heterocycles. The molecule has 6 nitrogen and oxygen atoms in total. The maximum absolute atomic E-state index is 4.23. The highest BCUT2D eigenvalue weighted by atomic mass is 15.6. The monoisotopic (exact) mass is 278 g/mol. The minimum Gasteiger partial charge on any atom is -0.313 e. The lowest BCUT2D eigenvalue weighted by Gasteiger charge is -2.30. The van der Waals surface area contributed by atoms with Gasteiger partial charge in [0.25, 0.3) is 0 Å². The molecule has 3 rings (SSSR count). The zero-order valence-electron chi connectivity index (χ0n) is 12.5. The summed E-state index contributed by atoms with van der Waals surface area (Å²) in [4.78, 5) is 2.51. The van der Waals surface area contributed by atoms with Gasteiger partial charge in [-0.1, -0.05) is 13.3 Å². The van der Waals surface area contributed by atoms with Crippen molar-refractivity contribution in [1.29, 1.82) is 0 Å². The third kappa shape index (κ3) is 3.55. The first kappa shape index (κ1) is 13.9. The van der Waals surface area contributed by atoms with Crippen molar-refractivity contribution in [3.63, 3.8) is 0 Å². The number of piperidine rings is 1. The summed E-state index contributed by atoms with van der Waals surface area (Å²) in [6, 6.07) is 1.21. The smallest absolute Gasteiger partial charge is 0.165 e. The van der Waals surface area contributed by atoms with Gasteiger partial charge in [0.1, 0.15) is 0 Å². The lowest BCUT2D eigenvalue weighted by Crippen LogP contribution is -2.43. The van der Waals surface area contributed by atoms with Gasteiger partial charge < -0.3 is 5.32 Å². The molecule has 0 aromatic carbocycles. The van der Waals surface area contributed by atoms with Crippen LogP contribution in [0.1, 0.15) is 57.3 Å². The Balaban J connectivity index is 1.59. The Bertz CT molecular complexity index is 408. The molecule has 1 aliphatic carbocycles. The molecule has 1 aliphatic heterocycles. The fraction of sp³-hybridized carbons (Fsp3) is 0.929. The highest BCUT2D eigenvalue weighted by molar-refractivity contribution is 4.91. The summed E-state index contributed by atoms with van der Waals surface area (Å²) < 4.78 is 2.04. The molecule has 0 bridgehead atoms. The molecule has 1 atom stereocenters. The summed E-state index contributed by atoms with van der Waals surface area (Å²) in [5, 5.41) is 15.9. The van der Waals surface area contributed by atoms with Crippen LogP contribution in [-0.2, 0) is 6.54 Å². The van der Waals surface area contributed by atoms with Gasteiger partial charge in [0.15, 0.2) is 5.82 Å². The topological polar surface area (TPSA) is 58.9 Å². The number of hydrogen-bond acceptors (Lipinski definition) is 5. The molecule has 0 radical (unpaired) electrons. The second-order valence-corrected chi connectivity index (χ2v) is 6.15. The van der Waals surface area contributed by atoms with Crippen LogP contribution in [0.3, 0.4) is 0 Å². The fourth-order valence-corrected chi connectivity index (χ4v) is 3.06. The average Bonchev–Trinajstić information content (AvgIpc) is 3.21. The van der Waals surface area contributed by atoms with Crippen molar-refractivity contribution in [3.05, 3.63) is 5.82 Å². The van der Waals surface area contributed by atoms with E-state index in [1.165, 1.54) is 45.1 Å². The molecule has 112 valence electrons. The van der Waals surface area contributed by atoms with Crippen LogP contribution in [0, 0.1) is 0 Å². The van der Waals surface area contributed by atoms with Crippen molar-refractivity contribution >= 4 is 0 Å². The summed E-state index contributed by atoms with van der Waals surface area (Å²) in [6.45, 7) is 6.53. The number of tetrazole rings is 1. The second kappa shape index (κ2) is 6.63. The summed E-state index contributed by atoms with van der Waals surface area (Å²) in [5.41, 5.74) is 0. The van der Waals surface area contributed by atoms with Gasteiger partial charge in [0.2, 0.25) is 0 Å². The van der Waals surface area contributed by atoms with Gasteiger partial charge in [-0.05, 0) is 55.6 Å². The summed E-state index contributed by atoms with van der Waals surface area (Å²) in [7, 11) is 0. The van der Waals surface area contributed by atoms with Gasteiger partial charge >= 0.3 is 0 Å². The fourth-order valence-electron chi connectivity index (χ4n) is 3.06. The molecule has 6 heteroatoms. The maximum atomic E-state index is 4.23. The third-order valence-electron chi connectivity index (χ3n) is 4.25. The van der Waals surface area contributed by atoms with Crippen LogP contribution in [-0.4, -0.2) is 50.8 Å². The van der Waals surface area contributed by atoms with Crippen molar-refractivity contribution < 1.29 is 0 Å². The maximum Gasteiger partial charge on any atom is 0.165 e. The van der Waals surface area contributed by atoms with Gasteiger partial charge in [-0.15, -0.1) is 5.10 Å². The van der Waals surface area contributed by atoms with Crippen molar-refractivity contribution in [1.82, 2.24) is 30.4 Å². The Kier molecular flexibility index (Phi) is 4.62. The van der Waals surface area contributed by atoms with E-state index in [1.807, 2.05) is 4.68 Å². The molecule has 1 saturated carbocycles. The van der Waals surface area contributed by atoms with Crippen LogP contribution in [0.2, 0.25) is 0 Å². The van der Waals surface area contributed by atoms with E-state index in [1.54, 1.807) is 0 Å². The van der Waals surface area contributed by atoms with Gasteiger partial charge in [0, 0.05) is 12.6 Å². The molecule has 2 fully saturated rings. The number of nitrogens with zero attached hydrogens (tertiary/aromatic N) is 5.